The quantitative estimate of drug-likeness (QED) is 0.509. The van der Waals surface area contributed by atoms with Crippen molar-refractivity contribution in [2.75, 3.05) is 19.4 Å². The number of fused-ring (bicyclic) bond motifs is 1. The Bertz CT molecular complexity index is 1100. The number of thiocarbonyl (C=S) groups is 1. The van der Waals surface area contributed by atoms with Gasteiger partial charge in [-0.25, -0.2) is 0 Å². The predicted molar refractivity (Wildman–Crippen MR) is 122 cm³/mol. The average molecular weight is 404 g/mol. The molecule has 0 atom stereocenters. The van der Waals surface area contributed by atoms with E-state index >= 15 is 0 Å². The van der Waals surface area contributed by atoms with Crippen molar-refractivity contribution in [3.05, 3.63) is 83.9 Å². The fourth-order valence-electron chi connectivity index (χ4n) is 2.89. The first kappa shape index (κ1) is 20.2. The second-order valence-corrected chi connectivity index (χ2v) is 7.00. The van der Waals surface area contributed by atoms with Crippen LogP contribution >= 0.6 is 12.2 Å². The predicted octanol–water partition coefficient (Wildman–Crippen LogP) is 4.07. The number of hydrogen-bond donors (Lipinski definition) is 2. The Morgan fingerprint density at radius 1 is 0.931 bits per heavy atom. The third-order valence-electron chi connectivity index (χ3n) is 4.29. The van der Waals surface area contributed by atoms with Crippen molar-refractivity contribution in [1.29, 1.82) is 0 Å². The minimum atomic E-state index is -0.355. The Hall–Kier alpha value is -3.51. The highest BCUT2D eigenvalue weighted by Gasteiger charge is 2.13. The van der Waals surface area contributed by atoms with Gasteiger partial charge in [-0.1, -0.05) is 54.6 Å². The van der Waals surface area contributed by atoms with Gasteiger partial charge in [0.15, 0.2) is 5.11 Å². The van der Waals surface area contributed by atoms with Crippen molar-refractivity contribution in [1.82, 2.24) is 10.2 Å². The summed E-state index contributed by atoms with van der Waals surface area (Å²) in [6.45, 7) is 0. The van der Waals surface area contributed by atoms with E-state index in [1.807, 2.05) is 42.5 Å². The average Bonchev–Trinajstić information content (AvgIpc) is 2.72. The zero-order chi connectivity index (χ0) is 20.8. The molecule has 146 valence electrons. The fraction of sp³-hybridized carbons (Fsp3) is 0.0870. The Balaban J connectivity index is 1.68. The molecule has 0 fully saturated rings. The molecule has 0 bridgehead atoms. The van der Waals surface area contributed by atoms with Gasteiger partial charge in [0.05, 0.1) is 11.3 Å². The number of anilines is 1. The summed E-state index contributed by atoms with van der Waals surface area (Å²) in [5, 5.41) is 7.83. The van der Waals surface area contributed by atoms with Crippen LogP contribution in [-0.4, -0.2) is 35.9 Å². The lowest BCUT2D eigenvalue weighted by Gasteiger charge is -2.15. The summed E-state index contributed by atoms with van der Waals surface area (Å²) >= 11 is 5.23. The van der Waals surface area contributed by atoms with Crippen LogP contribution in [0.1, 0.15) is 15.9 Å². The Morgan fingerprint density at radius 3 is 2.41 bits per heavy atom. The first-order chi connectivity index (χ1) is 14.0. The van der Waals surface area contributed by atoms with Gasteiger partial charge in [-0.2, -0.15) is 0 Å². The number of para-hydroxylation sites is 1. The SMILES string of the molecule is CN(C)C(=O)c1ccccc1NC(=S)NC(=O)/C=C/c1cccc2ccccc12. The van der Waals surface area contributed by atoms with Crippen LogP contribution in [0.3, 0.4) is 0 Å². The highest BCUT2D eigenvalue weighted by molar-refractivity contribution is 7.80. The molecule has 0 radical (unpaired) electrons. The molecule has 0 saturated heterocycles. The first-order valence-electron chi connectivity index (χ1n) is 9.04. The van der Waals surface area contributed by atoms with Crippen molar-refractivity contribution >= 4 is 51.7 Å². The van der Waals surface area contributed by atoms with Crippen molar-refractivity contribution in [2.24, 2.45) is 0 Å². The minimum absolute atomic E-state index is 0.122. The molecular weight excluding hydrogens is 382 g/mol. The van der Waals surface area contributed by atoms with Gasteiger partial charge in [-0.15, -0.1) is 0 Å². The van der Waals surface area contributed by atoms with E-state index in [0.717, 1.165) is 16.3 Å². The molecule has 0 unspecified atom stereocenters. The van der Waals surface area contributed by atoms with E-state index in [1.165, 1.54) is 11.0 Å². The minimum Gasteiger partial charge on any atom is -0.345 e. The molecule has 0 aromatic heterocycles. The number of rotatable bonds is 4. The van der Waals surface area contributed by atoms with Crippen LogP contribution in [0.4, 0.5) is 5.69 Å². The standard InChI is InChI=1S/C23H21N3O2S/c1-26(2)22(28)19-12-5-6-13-20(19)24-23(29)25-21(27)15-14-17-10-7-9-16-8-3-4-11-18(16)17/h3-15H,1-2H3,(H2,24,25,27,29)/b15-14+. The molecule has 3 aromatic carbocycles. The zero-order valence-corrected chi connectivity index (χ0v) is 17.0. The lowest BCUT2D eigenvalue weighted by molar-refractivity contribution is -0.115. The van der Waals surface area contributed by atoms with Crippen LogP contribution in [0.15, 0.2) is 72.8 Å². The lowest BCUT2D eigenvalue weighted by atomic mass is 10.0. The van der Waals surface area contributed by atoms with Gasteiger partial charge in [-0.05, 0) is 46.8 Å². The first-order valence-corrected chi connectivity index (χ1v) is 9.45. The largest absolute Gasteiger partial charge is 0.345 e. The molecule has 0 aliphatic rings. The topological polar surface area (TPSA) is 61.4 Å². The Morgan fingerprint density at radius 2 is 1.62 bits per heavy atom. The highest BCUT2D eigenvalue weighted by Crippen LogP contribution is 2.19. The maximum Gasteiger partial charge on any atom is 0.255 e. The summed E-state index contributed by atoms with van der Waals surface area (Å²) in [6.07, 6.45) is 3.19. The van der Waals surface area contributed by atoms with Gasteiger partial charge in [-0.3, -0.25) is 14.9 Å². The number of carbonyl (C=O) groups excluding carboxylic acids is 2. The molecule has 0 aliphatic carbocycles. The molecule has 5 nitrogen and oxygen atoms in total. The van der Waals surface area contributed by atoms with Crippen LogP contribution in [0.2, 0.25) is 0 Å². The Labute approximate surface area is 175 Å². The summed E-state index contributed by atoms with van der Waals surface area (Å²) in [7, 11) is 3.36. The van der Waals surface area contributed by atoms with E-state index < -0.39 is 0 Å². The van der Waals surface area contributed by atoms with E-state index in [2.05, 4.69) is 10.6 Å². The molecule has 29 heavy (non-hydrogen) atoms. The van der Waals surface area contributed by atoms with Crippen molar-refractivity contribution < 1.29 is 9.59 Å². The maximum absolute atomic E-state index is 12.3. The molecule has 0 aliphatic heterocycles. The van der Waals surface area contributed by atoms with E-state index in [4.69, 9.17) is 12.2 Å². The number of amides is 2. The zero-order valence-electron chi connectivity index (χ0n) is 16.2. The third-order valence-corrected chi connectivity index (χ3v) is 4.49. The van der Waals surface area contributed by atoms with Gasteiger partial charge in [0.2, 0.25) is 5.91 Å². The van der Waals surface area contributed by atoms with Gasteiger partial charge in [0.25, 0.3) is 5.91 Å². The summed E-state index contributed by atoms with van der Waals surface area (Å²) in [5.41, 5.74) is 1.95. The molecule has 3 rings (SSSR count). The second kappa shape index (κ2) is 9.12. The smallest absolute Gasteiger partial charge is 0.255 e. The number of benzene rings is 3. The summed E-state index contributed by atoms with van der Waals surface area (Å²) in [4.78, 5) is 26.0. The summed E-state index contributed by atoms with van der Waals surface area (Å²) in [5.74, 6) is -0.509. The van der Waals surface area contributed by atoms with Gasteiger partial charge in [0.1, 0.15) is 0 Å². The second-order valence-electron chi connectivity index (χ2n) is 6.59. The van der Waals surface area contributed by atoms with Crippen LogP contribution in [0, 0.1) is 0 Å². The Kier molecular flexibility index (Phi) is 6.36. The van der Waals surface area contributed by atoms with E-state index in [9.17, 15) is 9.59 Å². The molecule has 3 aromatic rings. The summed E-state index contributed by atoms with van der Waals surface area (Å²) in [6, 6.07) is 20.9. The van der Waals surface area contributed by atoms with E-state index in [1.54, 1.807) is 44.4 Å². The molecule has 0 heterocycles. The lowest BCUT2D eigenvalue weighted by Crippen LogP contribution is -2.33. The number of nitrogens with one attached hydrogen (secondary N) is 2. The maximum atomic E-state index is 12.3. The monoisotopic (exact) mass is 403 g/mol. The van der Waals surface area contributed by atoms with Crippen molar-refractivity contribution in [3.63, 3.8) is 0 Å². The van der Waals surface area contributed by atoms with Crippen molar-refractivity contribution in [3.8, 4) is 0 Å². The highest BCUT2D eigenvalue weighted by atomic mass is 32.1. The van der Waals surface area contributed by atoms with Gasteiger partial charge in [0, 0.05) is 20.2 Å². The van der Waals surface area contributed by atoms with Crippen molar-refractivity contribution in [2.45, 2.75) is 0 Å². The number of nitrogens with zero attached hydrogens (tertiary/aromatic N) is 1. The van der Waals surface area contributed by atoms with Crippen LogP contribution < -0.4 is 10.6 Å². The third kappa shape index (κ3) is 5.06. The van der Waals surface area contributed by atoms with Crippen LogP contribution in [-0.2, 0) is 4.79 Å². The van der Waals surface area contributed by atoms with Gasteiger partial charge >= 0.3 is 0 Å². The fourth-order valence-corrected chi connectivity index (χ4v) is 3.10. The van der Waals surface area contributed by atoms with E-state index in [0.29, 0.717) is 11.3 Å². The van der Waals surface area contributed by atoms with Crippen LogP contribution in [0.5, 0.6) is 0 Å². The molecule has 0 spiro atoms. The molecular formula is C23H21N3O2S. The summed E-state index contributed by atoms with van der Waals surface area (Å²) < 4.78 is 0. The molecule has 2 N–H and O–H groups in total. The van der Waals surface area contributed by atoms with E-state index in [-0.39, 0.29) is 16.9 Å². The molecule has 2 amide bonds. The molecule has 0 saturated carbocycles. The normalized spacial score (nSPS) is 10.7. The number of hydrogen-bond acceptors (Lipinski definition) is 3. The van der Waals surface area contributed by atoms with Crippen LogP contribution in [0.25, 0.3) is 16.8 Å². The molecule has 6 heteroatoms. The van der Waals surface area contributed by atoms with Gasteiger partial charge < -0.3 is 10.2 Å². The number of carbonyl (C=O) groups is 2.